The number of hydrogen-bond acceptors (Lipinski definition) is 3. The number of piperidine rings is 1. The van der Waals surface area contributed by atoms with Gasteiger partial charge < -0.3 is 10.0 Å². The average molecular weight is 344 g/mol. The molecule has 1 aromatic rings. The van der Waals surface area contributed by atoms with Crippen LogP contribution in [0.1, 0.15) is 45.1 Å². The second kappa shape index (κ2) is 7.88. The molecule has 1 aromatic carbocycles. The summed E-state index contributed by atoms with van der Waals surface area (Å²) in [6.07, 6.45) is 3.12. The third-order valence-corrected chi connectivity index (χ3v) is 5.64. The quantitative estimate of drug-likeness (QED) is 0.917. The van der Waals surface area contributed by atoms with Gasteiger partial charge in [0, 0.05) is 25.6 Å². The Morgan fingerprint density at radius 2 is 1.80 bits per heavy atom. The Morgan fingerprint density at radius 3 is 2.48 bits per heavy atom. The van der Waals surface area contributed by atoms with Crippen molar-refractivity contribution in [1.29, 1.82) is 0 Å². The van der Waals surface area contributed by atoms with E-state index in [0.29, 0.717) is 18.9 Å². The van der Waals surface area contributed by atoms with E-state index in [9.17, 15) is 9.90 Å². The van der Waals surface area contributed by atoms with Gasteiger partial charge in [0.15, 0.2) is 0 Å². The molecule has 0 aliphatic carbocycles. The van der Waals surface area contributed by atoms with Crippen LogP contribution < -0.4 is 0 Å². The average Bonchev–Trinajstić information content (AvgIpc) is 2.73. The van der Waals surface area contributed by atoms with Crippen LogP contribution in [0.2, 0.25) is 0 Å². The van der Waals surface area contributed by atoms with E-state index in [4.69, 9.17) is 0 Å². The van der Waals surface area contributed by atoms with Gasteiger partial charge in [-0.3, -0.25) is 9.69 Å². The molecule has 4 nitrogen and oxygen atoms in total. The summed E-state index contributed by atoms with van der Waals surface area (Å²) in [5.74, 6) is 0.458. The number of aliphatic hydroxyl groups is 1. The molecule has 0 aromatic heterocycles. The predicted octanol–water partition coefficient (Wildman–Crippen LogP) is 2.91. The number of carbonyl (C=O) groups is 1. The Morgan fingerprint density at radius 1 is 1.12 bits per heavy atom. The Hall–Kier alpha value is -1.39. The molecular formula is C21H32N2O2. The van der Waals surface area contributed by atoms with Crippen molar-refractivity contribution in [2.24, 2.45) is 11.3 Å². The van der Waals surface area contributed by atoms with E-state index in [1.807, 2.05) is 11.0 Å². The third kappa shape index (κ3) is 5.05. The van der Waals surface area contributed by atoms with Gasteiger partial charge in [0.1, 0.15) is 0 Å². The van der Waals surface area contributed by atoms with Gasteiger partial charge in [-0.1, -0.05) is 44.2 Å². The summed E-state index contributed by atoms with van der Waals surface area (Å²) >= 11 is 0. The smallest absolute Gasteiger partial charge is 0.225 e. The van der Waals surface area contributed by atoms with Gasteiger partial charge in [-0.05, 0) is 49.8 Å². The van der Waals surface area contributed by atoms with Crippen LogP contribution in [0.4, 0.5) is 0 Å². The van der Waals surface area contributed by atoms with E-state index in [0.717, 1.165) is 45.4 Å². The number of rotatable bonds is 3. The predicted molar refractivity (Wildman–Crippen MR) is 100 cm³/mol. The molecule has 2 saturated heterocycles. The molecule has 0 spiro atoms. The monoisotopic (exact) mass is 344 g/mol. The van der Waals surface area contributed by atoms with Crippen LogP contribution in [0.15, 0.2) is 30.3 Å². The highest BCUT2D eigenvalue weighted by molar-refractivity contribution is 5.79. The highest BCUT2D eigenvalue weighted by atomic mass is 16.3. The lowest BCUT2D eigenvalue weighted by Crippen LogP contribution is -2.44. The van der Waals surface area contributed by atoms with Crippen molar-refractivity contribution in [3.05, 3.63) is 35.9 Å². The van der Waals surface area contributed by atoms with Gasteiger partial charge in [0.05, 0.1) is 6.10 Å². The molecule has 0 radical (unpaired) electrons. The van der Waals surface area contributed by atoms with Gasteiger partial charge >= 0.3 is 0 Å². The summed E-state index contributed by atoms with van der Waals surface area (Å²) < 4.78 is 0. The SMILES string of the molecule is CC1(C)CC(O)CCN(C(=O)C2CCN(Cc3ccccc3)CC2)C1. The van der Waals surface area contributed by atoms with Gasteiger partial charge in [0.25, 0.3) is 0 Å². The van der Waals surface area contributed by atoms with Gasteiger partial charge in [-0.15, -0.1) is 0 Å². The van der Waals surface area contributed by atoms with Crippen LogP contribution in [0.25, 0.3) is 0 Å². The van der Waals surface area contributed by atoms with Crippen LogP contribution >= 0.6 is 0 Å². The largest absolute Gasteiger partial charge is 0.393 e. The normalized spacial score (nSPS) is 25.6. The first-order valence-electron chi connectivity index (χ1n) is 9.66. The topological polar surface area (TPSA) is 43.8 Å². The first kappa shape index (κ1) is 18.4. The van der Waals surface area contributed by atoms with E-state index in [-0.39, 0.29) is 17.4 Å². The molecule has 4 heteroatoms. The zero-order chi connectivity index (χ0) is 17.9. The zero-order valence-corrected chi connectivity index (χ0v) is 15.7. The number of hydrogen-bond donors (Lipinski definition) is 1. The van der Waals surface area contributed by atoms with Crippen molar-refractivity contribution in [3.8, 4) is 0 Å². The molecule has 1 atom stereocenters. The van der Waals surface area contributed by atoms with Gasteiger partial charge in [-0.2, -0.15) is 0 Å². The Labute approximate surface area is 151 Å². The number of amides is 1. The maximum atomic E-state index is 13.0. The highest BCUT2D eigenvalue weighted by Crippen LogP contribution is 2.30. The van der Waals surface area contributed by atoms with E-state index in [1.165, 1.54) is 5.56 Å². The van der Waals surface area contributed by atoms with E-state index < -0.39 is 0 Å². The summed E-state index contributed by atoms with van der Waals surface area (Å²) in [7, 11) is 0. The Bertz CT molecular complexity index is 565. The summed E-state index contributed by atoms with van der Waals surface area (Å²) in [4.78, 5) is 17.5. The number of aliphatic hydroxyl groups excluding tert-OH is 1. The first-order chi connectivity index (χ1) is 11.9. The lowest BCUT2D eigenvalue weighted by molar-refractivity contribution is -0.138. The summed E-state index contributed by atoms with van der Waals surface area (Å²) in [6.45, 7) is 8.75. The van der Waals surface area contributed by atoms with Crippen molar-refractivity contribution >= 4 is 5.91 Å². The van der Waals surface area contributed by atoms with Crippen LogP contribution in [0.5, 0.6) is 0 Å². The van der Waals surface area contributed by atoms with Crippen molar-refractivity contribution in [2.45, 2.75) is 52.2 Å². The molecule has 138 valence electrons. The molecule has 0 bridgehead atoms. The first-order valence-corrected chi connectivity index (χ1v) is 9.66. The lowest BCUT2D eigenvalue weighted by Gasteiger charge is -2.36. The maximum absolute atomic E-state index is 13.0. The fourth-order valence-electron chi connectivity index (χ4n) is 4.33. The molecule has 2 aliphatic heterocycles. The standard InChI is InChI=1S/C21H32N2O2/c1-21(2)14-19(24)10-13-23(16-21)20(25)18-8-11-22(12-9-18)15-17-6-4-3-5-7-17/h3-7,18-19,24H,8-16H2,1-2H3. The number of likely N-dealkylation sites (tertiary alicyclic amines) is 2. The minimum absolute atomic E-state index is 0.000409. The summed E-state index contributed by atoms with van der Waals surface area (Å²) in [6, 6.07) is 10.6. The zero-order valence-electron chi connectivity index (χ0n) is 15.7. The van der Waals surface area contributed by atoms with Gasteiger partial charge in [0.2, 0.25) is 5.91 Å². The molecular weight excluding hydrogens is 312 g/mol. The fraction of sp³-hybridized carbons (Fsp3) is 0.667. The molecule has 2 fully saturated rings. The number of nitrogens with zero attached hydrogens (tertiary/aromatic N) is 2. The van der Waals surface area contributed by atoms with Crippen molar-refractivity contribution in [2.75, 3.05) is 26.2 Å². The lowest BCUT2D eigenvalue weighted by atomic mass is 9.86. The second-order valence-electron chi connectivity index (χ2n) is 8.61. The second-order valence-corrected chi connectivity index (χ2v) is 8.61. The van der Waals surface area contributed by atoms with Crippen molar-refractivity contribution in [1.82, 2.24) is 9.80 Å². The molecule has 1 amide bonds. The van der Waals surface area contributed by atoms with Crippen LogP contribution in [0, 0.1) is 11.3 Å². The third-order valence-electron chi connectivity index (χ3n) is 5.64. The maximum Gasteiger partial charge on any atom is 0.225 e. The van der Waals surface area contributed by atoms with Crippen LogP contribution in [-0.4, -0.2) is 53.1 Å². The van der Waals surface area contributed by atoms with Crippen molar-refractivity contribution < 1.29 is 9.90 Å². The molecule has 2 heterocycles. The minimum Gasteiger partial charge on any atom is -0.393 e. The molecule has 3 rings (SSSR count). The van der Waals surface area contributed by atoms with Crippen LogP contribution in [-0.2, 0) is 11.3 Å². The molecule has 25 heavy (non-hydrogen) atoms. The van der Waals surface area contributed by atoms with E-state index >= 15 is 0 Å². The highest BCUT2D eigenvalue weighted by Gasteiger charge is 2.34. The van der Waals surface area contributed by atoms with Gasteiger partial charge in [-0.25, -0.2) is 0 Å². The van der Waals surface area contributed by atoms with Crippen LogP contribution in [0.3, 0.4) is 0 Å². The molecule has 2 aliphatic rings. The number of benzene rings is 1. The molecule has 1 unspecified atom stereocenters. The molecule has 0 saturated carbocycles. The Balaban J connectivity index is 1.52. The van der Waals surface area contributed by atoms with Crippen molar-refractivity contribution in [3.63, 3.8) is 0 Å². The fourth-order valence-corrected chi connectivity index (χ4v) is 4.33. The summed E-state index contributed by atoms with van der Waals surface area (Å²) in [5, 5.41) is 10.1. The van der Waals surface area contributed by atoms with E-state index in [2.05, 4.69) is 43.0 Å². The molecule has 1 N–H and O–H groups in total. The summed E-state index contributed by atoms with van der Waals surface area (Å²) in [5.41, 5.74) is 1.34. The minimum atomic E-state index is -0.277. The van der Waals surface area contributed by atoms with E-state index in [1.54, 1.807) is 0 Å². The Kier molecular flexibility index (Phi) is 5.80. The number of carbonyl (C=O) groups excluding carboxylic acids is 1.